The molecular weight excluding hydrogens is 371 g/mol. The predicted octanol–water partition coefficient (Wildman–Crippen LogP) is 4.03. The first-order chi connectivity index (χ1) is 12.8. The number of carbonyl (C=O) groups is 2. The van der Waals surface area contributed by atoms with Gasteiger partial charge in [0.25, 0.3) is 5.91 Å². The number of ether oxygens (including phenoxy) is 1. The van der Waals surface area contributed by atoms with E-state index in [-0.39, 0.29) is 10.6 Å². The van der Waals surface area contributed by atoms with Crippen LogP contribution in [0.5, 0.6) is 5.75 Å². The van der Waals surface area contributed by atoms with E-state index in [1.54, 1.807) is 24.3 Å². The number of carbonyl (C=O) groups excluding carboxylic acids is 1. The molecule has 6 nitrogen and oxygen atoms in total. The van der Waals surface area contributed by atoms with Gasteiger partial charge >= 0.3 is 5.97 Å². The standard InChI is InChI=1S/C19H15FN2O4S/c1-10-6-7-12-13(8-10)26-19(2,9-15(23)24)17(25)22(12)18-21-16-11(20)4-3-5-14(16)27-18/h3-8H,9H2,1-2H3,(H,23,24). The highest BCUT2D eigenvalue weighted by molar-refractivity contribution is 7.22. The molecule has 8 heteroatoms. The number of anilines is 2. The summed E-state index contributed by atoms with van der Waals surface area (Å²) in [5.41, 5.74) is -0.0716. The van der Waals surface area contributed by atoms with Gasteiger partial charge in [-0.3, -0.25) is 9.59 Å². The first-order valence-electron chi connectivity index (χ1n) is 8.19. The zero-order chi connectivity index (χ0) is 19.3. The Hall–Kier alpha value is -3.00. The van der Waals surface area contributed by atoms with Crippen LogP contribution in [0.2, 0.25) is 0 Å². The molecule has 2 heterocycles. The second kappa shape index (κ2) is 6.02. The quantitative estimate of drug-likeness (QED) is 0.735. The Morgan fingerprint density at radius 3 is 2.85 bits per heavy atom. The van der Waals surface area contributed by atoms with Crippen LogP contribution in [0.1, 0.15) is 18.9 Å². The van der Waals surface area contributed by atoms with Crippen molar-refractivity contribution < 1.29 is 23.8 Å². The zero-order valence-corrected chi connectivity index (χ0v) is 15.3. The summed E-state index contributed by atoms with van der Waals surface area (Å²) < 4.78 is 20.5. The molecule has 27 heavy (non-hydrogen) atoms. The molecule has 1 N–H and O–H groups in total. The summed E-state index contributed by atoms with van der Waals surface area (Å²) in [5.74, 6) is -1.80. The van der Waals surface area contributed by atoms with Crippen LogP contribution in [0.3, 0.4) is 0 Å². The second-order valence-corrected chi connectivity index (χ2v) is 7.61. The zero-order valence-electron chi connectivity index (χ0n) is 14.5. The van der Waals surface area contributed by atoms with E-state index in [2.05, 4.69) is 4.98 Å². The van der Waals surface area contributed by atoms with Crippen molar-refractivity contribution >= 4 is 44.2 Å². The van der Waals surface area contributed by atoms with Gasteiger partial charge in [0.05, 0.1) is 16.8 Å². The van der Waals surface area contributed by atoms with Crippen LogP contribution >= 0.6 is 11.3 Å². The number of carboxylic acid groups (broad SMARTS) is 1. The number of thiazole rings is 1. The minimum Gasteiger partial charge on any atom is -0.481 e. The summed E-state index contributed by atoms with van der Waals surface area (Å²) in [7, 11) is 0. The molecule has 3 aromatic rings. The molecule has 4 rings (SSSR count). The average Bonchev–Trinajstić information content (AvgIpc) is 3.00. The number of hydrogen-bond donors (Lipinski definition) is 1. The van der Waals surface area contributed by atoms with Crippen LogP contribution in [0.15, 0.2) is 36.4 Å². The van der Waals surface area contributed by atoms with Gasteiger partial charge in [-0.25, -0.2) is 14.3 Å². The summed E-state index contributed by atoms with van der Waals surface area (Å²) in [5, 5.41) is 9.51. The van der Waals surface area contributed by atoms with Crippen molar-refractivity contribution in [2.45, 2.75) is 25.9 Å². The number of hydrogen-bond acceptors (Lipinski definition) is 5. The number of nitrogens with zero attached hydrogens (tertiary/aromatic N) is 2. The lowest BCUT2D eigenvalue weighted by molar-refractivity contribution is -0.148. The molecular formula is C19H15FN2O4S. The summed E-state index contributed by atoms with van der Waals surface area (Å²) in [4.78, 5) is 30.1. The van der Waals surface area contributed by atoms with Crippen molar-refractivity contribution in [1.29, 1.82) is 0 Å². The normalized spacial score (nSPS) is 19.1. The first-order valence-corrected chi connectivity index (χ1v) is 9.01. The molecule has 1 aliphatic heterocycles. The van der Waals surface area contributed by atoms with E-state index >= 15 is 0 Å². The highest BCUT2D eigenvalue weighted by Gasteiger charge is 2.47. The van der Waals surface area contributed by atoms with E-state index in [1.807, 2.05) is 13.0 Å². The maximum Gasteiger partial charge on any atom is 0.307 e. The summed E-state index contributed by atoms with van der Waals surface area (Å²) in [6.07, 6.45) is -0.505. The molecule has 1 aliphatic rings. The molecule has 0 fully saturated rings. The Morgan fingerprint density at radius 1 is 1.37 bits per heavy atom. The van der Waals surface area contributed by atoms with Crippen LogP contribution in [0.4, 0.5) is 15.2 Å². The highest BCUT2D eigenvalue weighted by atomic mass is 32.1. The van der Waals surface area contributed by atoms with Gasteiger partial charge in [-0.15, -0.1) is 0 Å². The smallest absolute Gasteiger partial charge is 0.307 e. The molecule has 1 atom stereocenters. The van der Waals surface area contributed by atoms with Crippen LogP contribution in [-0.2, 0) is 9.59 Å². The number of benzene rings is 2. The molecule has 0 saturated carbocycles. The molecule has 1 unspecified atom stereocenters. The molecule has 138 valence electrons. The van der Waals surface area contributed by atoms with Crippen molar-refractivity contribution in [2.75, 3.05) is 4.90 Å². The van der Waals surface area contributed by atoms with E-state index in [9.17, 15) is 19.1 Å². The van der Waals surface area contributed by atoms with Crippen LogP contribution in [0.25, 0.3) is 10.2 Å². The van der Waals surface area contributed by atoms with Gasteiger partial charge in [0.1, 0.15) is 17.1 Å². The molecule has 1 amide bonds. The third kappa shape index (κ3) is 2.82. The lowest BCUT2D eigenvalue weighted by Gasteiger charge is -2.38. The number of para-hydroxylation sites is 1. The molecule has 0 bridgehead atoms. The maximum absolute atomic E-state index is 14.1. The van der Waals surface area contributed by atoms with Gasteiger partial charge in [0.15, 0.2) is 10.7 Å². The fourth-order valence-corrected chi connectivity index (χ4v) is 4.10. The number of amides is 1. The van der Waals surface area contributed by atoms with Gasteiger partial charge in [-0.2, -0.15) is 0 Å². The van der Waals surface area contributed by atoms with Gasteiger partial charge in [0.2, 0.25) is 0 Å². The number of aliphatic carboxylic acids is 1. The third-order valence-corrected chi connectivity index (χ3v) is 5.39. The maximum atomic E-state index is 14.1. The number of carboxylic acids is 1. The number of halogens is 1. The molecule has 0 spiro atoms. The largest absolute Gasteiger partial charge is 0.481 e. The summed E-state index contributed by atoms with van der Waals surface area (Å²) in [6, 6.07) is 9.87. The van der Waals surface area contributed by atoms with Crippen LogP contribution in [0, 0.1) is 12.7 Å². The van der Waals surface area contributed by atoms with Crippen molar-refractivity contribution in [2.24, 2.45) is 0 Å². The van der Waals surface area contributed by atoms with Gasteiger partial charge in [0, 0.05) is 0 Å². The predicted molar refractivity (Wildman–Crippen MR) is 99.2 cm³/mol. The van der Waals surface area contributed by atoms with Crippen molar-refractivity contribution in [3.63, 3.8) is 0 Å². The second-order valence-electron chi connectivity index (χ2n) is 6.60. The van der Waals surface area contributed by atoms with Crippen molar-refractivity contribution in [3.05, 3.63) is 47.8 Å². The van der Waals surface area contributed by atoms with Crippen LogP contribution < -0.4 is 9.64 Å². The van der Waals surface area contributed by atoms with Crippen LogP contribution in [-0.4, -0.2) is 27.6 Å². The van der Waals surface area contributed by atoms with E-state index in [1.165, 1.54) is 17.9 Å². The third-order valence-electron chi connectivity index (χ3n) is 4.39. The Morgan fingerprint density at radius 2 is 2.15 bits per heavy atom. The fourth-order valence-electron chi connectivity index (χ4n) is 3.11. The van der Waals surface area contributed by atoms with Gasteiger partial charge in [-0.1, -0.05) is 23.5 Å². The first kappa shape index (κ1) is 17.4. The SMILES string of the molecule is Cc1ccc2c(c1)OC(C)(CC(=O)O)C(=O)N2c1nc2c(F)cccc2s1. The summed E-state index contributed by atoms with van der Waals surface area (Å²) in [6.45, 7) is 3.31. The average molecular weight is 386 g/mol. The molecule has 1 aromatic heterocycles. The lowest BCUT2D eigenvalue weighted by atomic mass is 9.97. The van der Waals surface area contributed by atoms with E-state index in [0.717, 1.165) is 16.9 Å². The van der Waals surface area contributed by atoms with E-state index in [0.29, 0.717) is 16.1 Å². The topological polar surface area (TPSA) is 79.7 Å². The summed E-state index contributed by atoms with van der Waals surface area (Å²) >= 11 is 1.16. The van der Waals surface area contributed by atoms with E-state index in [4.69, 9.17) is 4.74 Å². The molecule has 0 saturated heterocycles. The highest BCUT2D eigenvalue weighted by Crippen LogP contribution is 2.45. The molecule has 0 radical (unpaired) electrons. The number of rotatable bonds is 3. The van der Waals surface area contributed by atoms with Crippen molar-refractivity contribution in [3.8, 4) is 5.75 Å². The minimum atomic E-state index is -1.59. The number of aromatic nitrogens is 1. The Bertz CT molecular complexity index is 1100. The number of fused-ring (bicyclic) bond motifs is 2. The Kier molecular flexibility index (Phi) is 3.88. The monoisotopic (exact) mass is 386 g/mol. The fraction of sp³-hybridized carbons (Fsp3) is 0.211. The Labute approximate surface area is 157 Å². The Balaban J connectivity index is 1.92. The van der Waals surface area contributed by atoms with Gasteiger partial charge in [-0.05, 0) is 43.7 Å². The lowest BCUT2D eigenvalue weighted by Crippen LogP contribution is -2.53. The molecule has 0 aliphatic carbocycles. The van der Waals surface area contributed by atoms with Gasteiger partial charge < -0.3 is 9.84 Å². The molecule has 2 aromatic carbocycles. The van der Waals surface area contributed by atoms with E-state index < -0.39 is 29.7 Å². The van der Waals surface area contributed by atoms with Crippen molar-refractivity contribution in [1.82, 2.24) is 4.98 Å². The number of aryl methyl sites for hydroxylation is 1. The minimum absolute atomic E-state index is 0.172.